The SMILES string of the molecule is CC1=C(C#N)C(c2ccc3n[nH]c(C)c3c2)C(=C=N)C(C(F)F)=N1. The number of aromatic amines is 1. The topological polar surface area (TPSA) is 88.7 Å². The average Bonchev–Trinajstić information content (AvgIpc) is 2.94. The normalized spacial score (nSPS) is 17.9. The van der Waals surface area contributed by atoms with Gasteiger partial charge in [-0.2, -0.15) is 10.4 Å². The number of rotatable bonds is 2. The summed E-state index contributed by atoms with van der Waals surface area (Å²) in [6.45, 7) is 3.38. The summed E-state index contributed by atoms with van der Waals surface area (Å²) in [6, 6.07) is 7.33. The molecule has 2 aromatic rings. The number of aromatic nitrogens is 2. The first kappa shape index (κ1) is 15.8. The van der Waals surface area contributed by atoms with Gasteiger partial charge in [-0.1, -0.05) is 6.07 Å². The molecule has 2 heterocycles. The average molecular weight is 325 g/mol. The highest BCUT2D eigenvalue weighted by Gasteiger charge is 2.34. The third kappa shape index (κ3) is 2.34. The Morgan fingerprint density at radius 2 is 2.08 bits per heavy atom. The van der Waals surface area contributed by atoms with Gasteiger partial charge in [0.1, 0.15) is 5.71 Å². The molecule has 0 amide bonds. The predicted octanol–water partition coefficient (Wildman–Crippen LogP) is 3.65. The van der Waals surface area contributed by atoms with E-state index in [-0.39, 0.29) is 16.8 Å². The Hall–Kier alpha value is -3.10. The highest BCUT2D eigenvalue weighted by molar-refractivity contribution is 6.11. The molecule has 5 nitrogen and oxygen atoms in total. The molecular formula is C17H13F2N5. The summed E-state index contributed by atoms with van der Waals surface area (Å²) in [5.74, 6) is 1.29. The second-order valence-electron chi connectivity index (χ2n) is 5.51. The number of alkyl halides is 2. The molecule has 0 spiro atoms. The zero-order valence-corrected chi connectivity index (χ0v) is 13.0. The minimum atomic E-state index is -2.84. The number of hydrogen-bond acceptors (Lipinski definition) is 4. The van der Waals surface area contributed by atoms with Gasteiger partial charge < -0.3 is 0 Å². The molecule has 2 N–H and O–H groups in total. The van der Waals surface area contributed by atoms with Gasteiger partial charge in [0.2, 0.25) is 0 Å². The summed E-state index contributed by atoms with van der Waals surface area (Å²) in [7, 11) is 0. The summed E-state index contributed by atoms with van der Waals surface area (Å²) in [6.07, 6.45) is -2.84. The van der Waals surface area contributed by atoms with E-state index in [9.17, 15) is 14.0 Å². The molecule has 7 heteroatoms. The number of fused-ring (bicyclic) bond motifs is 1. The van der Waals surface area contributed by atoms with Gasteiger partial charge in [0.25, 0.3) is 6.43 Å². The second-order valence-corrected chi connectivity index (χ2v) is 5.51. The molecule has 1 aromatic heterocycles. The van der Waals surface area contributed by atoms with Crippen LogP contribution in [0.15, 0.2) is 40.0 Å². The Labute approximate surface area is 136 Å². The van der Waals surface area contributed by atoms with Crippen molar-refractivity contribution in [3.05, 3.63) is 46.3 Å². The van der Waals surface area contributed by atoms with Gasteiger partial charge in [-0.15, -0.1) is 0 Å². The third-order valence-corrected chi connectivity index (χ3v) is 4.10. The lowest BCUT2D eigenvalue weighted by Crippen LogP contribution is -2.24. The minimum Gasteiger partial charge on any atom is -0.282 e. The number of aryl methyl sites for hydroxylation is 1. The number of nitrogens with one attached hydrogen (secondary N) is 2. The summed E-state index contributed by atoms with van der Waals surface area (Å²) in [5.41, 5.74) is 2.11. The van der Waals surface area contributed by atoms with Crippen molar-refractivity contribution in [2.45, 2.75) is 26.2 Å². The summed E-state index contributed by atoms with van der Waals surface area (Å²) < 4.78 is 26.6. The molecule has 1 unspecified atom stereocenters. The number of hydrogen-bond donors (Lipinski definition) is 2. The smallest absolute Gasteiger partial charge is 0.281 e. The van der Waals surface area contributed by atoms with E-state index in [1.807, 2.05) is 13.0 Å². The van der Waals surface area contributed by atoms with Crippen LogP contribution in [0.2, 0.25) is 0 Å². The molecule has 0 radical (unpaired) electrons. The molecule has 1 atom stereocenters. The second kappa shape index (κ2) is 5.84. The van der Waals surface area contributed by atoms with Crippen molar-refractivity contribution in [3.8, 4) is 6.07 Å². The molecule has 0 aliphatic carbocycles. The van der Waals surface area contributed by atoms with Gasteiger partial charge in [-0.3, -0.25) is 15.5 Å². The first-order chi connectivity index (χ1) is 11.5. The highest BCUT2D eigenvalue weighted by atomic mass is 19.3. The van der Waals surface area contributed by atoms with Crippen LogP contribution in [0.5, 0.6) is 0 Å². The molecule has 0 saturated carbocycles. The largest absolute Gasteiger partial charge is 0.282 e. The van der Waals surface area contributed by atoms with E-state index >= 15 is 0 Å². The van der Waals surface area contributed by atoms with E-state index in [2.05, 4.69) is 21.1 Å². The van der Waals surface area contributed by atoms with Crippen molar-refractivity contribution in [1.82, 2.24) is 10.2 Å². The molecule has 0 saturated heterocycles. The molecule has 1 aliphatic rings. The first-order valence-electron chi connectivity index (χ1n) is 7.20. The fourth-order valence-electron chi connectivity index (χ4n) is 2.92. The van der Waals surface area contributed by atoms with Gasteiger partial charge >= 0.3 is 0 Å². The van der Waals surface area contributed by atoms with E-state index in [1.54, 1.807) is 18.2 Å². The van der Waals surface area contributed by atoms with Crippen LogP contribution in [0.3, 0.4) is 0 Å². The monoisotopic (exact) mass is 325 g/mol. The quantitative estimate of drug-likeness (QED) is 0.825. The van der Waals surface area contributed by atoms with E-state index in [4.69, 9.17) is 5.41 Å². The number of H-pyrrole nitrogens is 1. The lowest BCUT2D eigenvalue weighted by molar-refractivity contribution is 0.225. The molecule has 1 aliphatic heterocycles. The van der Waals surface area contributed by atoms with E-state index < -0.39 is 18.1 Å². The number of halogens is 2. The van der Waals surface area contributed by atoms with Crippen LogP contribution in [0, 0.1) is 23.7 Å². The van der Waals surface area contributed by atoms with Crippen molar-refractivity contribution in [2.24, 2.45) is 4.99 Å². The van der Waals surface area contributed by atoms with Crippen molar-refractivity contribution < 1.29 is 8.78 Å². The Morgan fingerprint density at radius 3 is 2.71 bits per heavy atom. The zero-order valence-electron chi connectivity index (χ0n) is 13.0. The van der Waals surface area contributed by atoms with Crippen molar-refractivity contribution in [3.63, 3.8) is 0 Å². The number of nitriles is 1. The maximum atomic E-state index is 13.3. The summed E-state index contributed by atoms with van der Waals surface area (Å²) in [5, 5.41) is 24.8. The molecule has 3 rings (SSSR count). The number of aliphatic imine (C=N–C) groups is 1. The molecule has 0 bridgehead atoms. The molecule has 120 valence electrons. The minimum absolute atomic E-state index is 0.0763. The lowest BCUT2D eigenvalue weighted by Gasteiger charge is -2.24. The van der Waals surface area contributed by atoms with Crippen LogP contribution in [-0.4, -0.2) is 28.2 Å². The van der Waals surface area contributed by atoms with Crippen LogP contribution in [0.4, 0.5) is 8.78 Å². The fourth-order valence-corrected chi connectivity index (χ4v) is 2.92. The van der Waals surface area contributed by atoms with Crippen LogP contribution >= 0.6 is 0 Å². The van der Waals surface area contributed by atoms with Crippen LogP contribution in [0.25, 0.3) is 10.9 Å². The maximum absolute atomic E-state index is 13.3. The third-order valence-electron chi connectivity index (χ3n) is 4.10. The molecule has 0 fully saturated rings. The van der Waals surface area contributed by atoms with Crippen molar-refractivity contribution in [1.29, 1.82) is 10.7 Å². The van der Waals surface area contributed by atoms with Gasteiger partial charge in [0.15, 0.2) is 0 Å². The summed E-state index contributed by atoms with van der Waals surface area (Å²) in [4.78, 5) is 3.82. The molecule has 1 aromatic carbocycles. The van der Waals surface area contributed by atoms with Crippen molar-refractivity contribution >= 4 is 22.5 Å². The summed E-state index contributed by atoms with van der Waals surface area (Å²) >= 11 is 0. The van der Waals surface area contributed by atoms with Gasteiger partial charge in [-0.25, -0.2) is 8.78 Å². The van der Waals surface area contributed by atoms with Crippen LogP contribution in [0.1, 0.15) is 24.1 Å². The number of benzene rings is 1. The molecular weight excluding hydrogens is 312 g/mol. The van der Waals surface area contributed by atoms with E-state index in [0.29, 0.717) is 5.56 Å². The van der Waals surface area contributed by atoms with E-state index in [0.717, 1.165) is 16.6 Å². The number of allylic oxidation sites excluding steroid dienone is 3. The highest BCUT2D eigenvalue weighted by Crippen LogP contribution is 2.39. The van der Waals surface area contributed by atoms with E-state index in [1.165, 1.54) is 6.92 Å². The Bertz CT molecular complexity index is 984. The first-order valence-corrected chi connectivity index (χ1v) is 7.20. The van der Waals surface area contributed by atoms with Gasteiger partial charge in [0.05, 0.1) is 34.3 Å². The fraction of sp³-hybridized carbons (Fsp3) is 0.235. The Morgan fingerprint density at radius 1 is 1.33 bits per heavy atom. The standard InChI is InChI=1S/C17H13F2N5/c1-8-12(6-20)15(13(7-21)16(22-8)17(18)19)10-3-4-14-11(5-10)9(2)23-24-14/h3-5,15,17,21H,1-2H3,(H,23,24). The van der Waals surface area contributed by atoms with Gasteiger partial charge in [0, 0.05) is 11.1 Å². The van der Waals surface area contributed by atoms with Gasteiger partial charge in [-0.05, 0) is 37.4 Å². The zero-order chi connectivity index (χ0) is 17.4. The van der Waals surface area contributed by atoms with Crippen LogP contribution < -0.4 is 0 Å². The number of nitrogens with zero attached hydrogens (tertiary/aromatic N) is 3. The lowest BCUT2D eigenvalue weighted by atomic mass is 9.80. The molecule has 24 heavy (non-hydrogen) atoms. The van der Waals surface area contributed by atoms with Crippen LogP contribution in [-0.2, 0) is 0 Å². The maximum Gasteiger partial charge on any atom is 0.281 e. The van der Waals surface area contributed by atoms with Crippen molar-refractivity contribution in [2.75, 3.05) is 0 Å². The Balaban J connectivity index is 2.26. The predicted molar refractivity (Wildman–Crippen MR) is 86.6 cm³/mol. The Kier molecular flexibility index (Phi) is 3.84.